The summed E-state index contributed by atoms with van der Waals surface area (Å²) in [5, 5.41) is 18.8. The molecule has 2 N–H and O–H groups in total. The van der Waals surface area contributed by atoms with Crippen LogP contribution in [0.2, 0.25) is 0 Å². The first-order valence-electron chi connectivity index (χ1n) is 7.71. The molecule has 1 fully saturated rings. The van der Waals surface area contributed by atoms with Crippen LogP contribution in [-0.4, -0.2) is 33.6 Å². The molecular weight excluding hydrogens is 296 g/mol. The van der Waals surface area contributed by atoms with Crippen LogP contribution in [0.3, 0.4) is 0 Å². The molecule has 4 rings (SSSR count). The van der Waals surface area contributed by atoms with E-state index in [0.29, 0.717) is 5.84 Å². The maximum atomic E-state index is 12.5. The lowest BCUT2D eigenvalue weighted by Crippen LogP contribution is -2.41. The molecule has 1 aromatic rings. The van der Waals surface area contributed by atoms with Crippen molar-refractivity contribution in [2.45, 2.75) is 44.6 Å². The number of rotatable bonds is 2. The molecule has 120 valence electrons. The zero-order valence-corrected chi connectivity index (χ0v) is 13.0. The average Bonchev–Trinajstić information content (AvgIpc) is 3.24. The van der Waals surface area contributed by atoms with E-state index < -0.39 is 23.7 Å². The van der Waals surface area contributed by atoms with Gasteiger partial charge in [0.25, 0.3) is 11.7 Å². The Bertz CT molecular complexity index is 749. The van der Waals surface area contributed by atoms with E-state index in [-0.39, 0.29) is 11.6 Å². The van der Waals surface area contributed by atoms with Gasteiger partial charge in [-0.25, -0.2) is 4.79 Å². The van der Waals surface area contributed by atoms with Crippen molar-refractivity contribution in [1.82, 2.24) is 4.90 Å². The van der Waals surface area contributed by atoms with E-state index in [2.05, 4.69) is 0 Å². The lowest BCUT2D eigenvalue weighted by Gasteiger charge is -2.35. The number of carbonyl (C=O) groups excluding carboxylic acids is 1. The first-order chi connectivity index (χ1) is 10.9. The van der Waals surface area contributed by atoms with Crippen LogP contribution in [0.5, 0.6) is 0 Å². The molecular formula is C17H18N2O4. The van der Waals surface area contributed by atoms with Crippen molar-refractivity contribution in [2.24, 2.45) is 0 Å². The molecule has 2 heterocycles. The summed E-state index contributed by atoms with van der Waals surface area (Å²) in [6.45, 7) is 3.14. The van der Waals surface area contributed by atoms with Crippen LogP contribution in [-0.2, 0) is 14.3 Å². The van der Waals surface area contributed by atoms with Crippen molar-refractivity contribution < 1.29 is 19.4 Å². The van der Waals surface area contributed by atoms with Gasteiger partial charge in [-0.15, -0.1) is 0 Å². The Hall–Kier alpha value is -2.50. The Morgan fingerprint density at radius 1 is 1.26 bits per heavy atom. The molecule has 1 saturated carbocycles. The number of amidine groups is 1. The molecule has 0 bridgehead atoms. The number of nitrogens with zero attached hydrogens (tertiary/aromatic N) is 1. The van der Waals surface area contributed by atoms with E-state index in [1.165, 1.54) is 0 Å². The smallest absolute Gasteiger partial charge is 0.347 e. The number of carbonyl (C=O) groups is 1. The minimum absolute atomic E-state index is 0.0749. The minimum atomic E-state index is -1.19. The van der Waals surface area contributed by atoms with Crippen LogP contribution in [0.1, 0.15) is 43.9 Å². The Labute approximate surface area is 133 Å². The van der Waals surface area contributed by atoms with Gasteiger partial charge < -0.3 is 19.5 Å². The number of aliphatic hydroxyl groups excluding tert-OH is 1. The van der Waals surface area contributed by atoms with Crippen LogP contribution < -0.4 is 0 Å². The molecule has 0 amide bonds. The van der Waals surface area contributed by atoms with Crippen molar-refractivity contribution in [2.75, 3.05) is 0 Å². The number of esters is 1. The summed E-state index contributed by atoms with van der Waals surface area (Å²) in [5.74, 6) is -1.82. The maximum Gasteiger partial charge on any atom is 0.347 e. The lowest BCUT2D eigenvalue weighted by atomic mass is 9.97. The molecule has 3 aliphatic rings. The van der Waals surface area contributed by atoms with Gasteiger partial charge in [0.1, 0.15) is 11.4 Å². The third-order valence-corrected chi connectivity index (χ3v) is 4.39. The number of benzene rings is 1. The molecule has 1 aliphatic carbocycles. The molecule has 1 unspecified atom stereocenters. The number of ether oxygens (including phenoxy) is 2. The zero-order chi connectivity index (χ0) is 16.4. The maximum absolute atomic E-state index is 12.5. The van der Waals surface area contributed by atoms with E-state index in [4.69, 9.17) is 14.9 Å². The fourth-order valence-electron chi connectivity index (χ4n) is 3.31. The van der Waals surface area contributed by atoms with Crippen LogP contribution >= 0.6 is 0 Å². The Kier molecular flexibility index (Phi) is 2.76. The third-order valence-electron chi connectivity index (χ3n) is 4.39. The Morgan fingerprint density at radius 2 is 1.96 bits per heavy atom. The van der Waals surface area contributed by atoms with Gasteiger partial charge in [0.05, 0.1) is 6.04 Å². The van der Waals surface area contributed by atoms with Crippen LogP contribution in [0.25, 0.3) is 0 Å². The topological polar surface area (TPSA) is 82.9 Å². The Balaban J connectivity index is 1.86. The summed E-state index contributed by atoms with van der Waals surface area (Å²) >= 11 is 0. The first-order valence-corrected chi connectivity index (χ1v) is 7.71. The van der Waals surface area contributed by atoms with E-state index in [1.54, 1.807) is 13.8 Å². The normalized spacial score (nSPS) is 26.0. The number of cyclic esters (lactones) is 1. The van der Waals surface area contributed by atoms with Gasteiger partial charge in [-0.3, -0.25) is 5.41 Å². The predicted octanol–water partition coefficient (Wildman–Crippen LogP) is 2.61. The number of nitrogens with one attached hydrogen (secondary N) is 1. The monoisotopic (exact) mass is 314 g/mol. The van der Waals surface area contributed by atoms with Gasteiger partial charge >= 0.3 is 5.97 Å². The summed E-state index contributed by atoms with van der Waals surface area (Å²) in [4.78, 5) is 14.4. The standard InChI is InChI=1S/C17H18N2O4/c1-17(2)22-15(20)12(16(21)23-17)13-10-5-3-4-6-11(10)14(18)19(13)9-7-8-9/h3-6,9,13,18,20H,7-8H2,1-2H3. The molecule has 0 radical (unpaired) electrons. The summed E-state index contributed by atoms with van der Waals surface area (Å²) in [7, 11) is 0. The van der Waals surface area contributed by atoms with Gasteiger partial charge in [0, 0.05) is 25.5 Å². The zero-order valence-electron chi connectivity index (χ0n) is 13.0. The van der Waals surface area contributed by atoms with Crippen molar-refractivity contribution in [1.29, 1.82) is 5.41 Å². The molecule has 0 spiro atoms. The second-order valence-corrected chi connectivity index (χ2v) is 6.59. The highest BCUT2D eigenvalue weighted by atomic mass is 16.8. The summed E-state index contributed by atoms with van der Waals surface area (Å²) in [6, 6.07) is 7.16. The lowest BCUT2D eigenvalue weighted by molar-refractivity contribution is -0.223. The van der Waals surface area contributed by atoms with Gasteiger partial charge in [-0.2, -0.15) is 0 Å². The molecule has 1 aromatic carbocycles. The summed E-state index contributed by atoms with van der Waals surface area (Å²) in [5.41, 5.74) is 1.68. The van der Waals surface area contributed by atoms with Gasteiger partial charge in [-0.1, -0.05) is 24.3 Å². The number of aliphatic hydroxyl groups is 1. The fraction of sp³-hybridized carbons (Fsp3) is 0.412. The van der Waals surface area contributed by atoms with E-state index in [1.807, 2.05) is 29.2 Å². The van der Waals surface area contributed by atoms with Gasteiger partial charge in [0.2, 0.25) is 0 Å². The molecule has 23 heavy (non-hydrogen) atoms. The largest absolute Gasteiger partial charge is 0.480 e. The third kappa shape index (κ3) is 2.09. The van der Waals surface area contributed by atoms with Crippen molar-refractivity contribution in [3.8, 4) is 0 Å². The van der Waals surface area contributed by atoms with Crippen LogP contribution in [0.4, 0.5) is 0 Å². The predicted molar refractivity (Wildman–Crippen MR) is 81.8 cm³/mol. The highest BCUT2D eigenvalue weighted by Crippen LogP contribution is 2.47. The molecule has 1 atom stereocenters. The van der Waals surface area contributed by atoms with Crippen LogP contribution in [0, 0.1) is 5.41 Å². The molecule has 0 aromatic heterocycles. The number of fused-ring (bicyclic) bond motifs is 1. The Morgan fingerprint density at radius 3 is 2.61 bits per heavy atom. The minimum Gasteiger partial charge on any atom is -0.480 e. The first kappa shape index (κ1) is 14.1. The number of hydrogen-bond acceptors (Lipinski definition) is 5. The summed E-state index contributed by atoms with van der Waals surface area (Å²) in [6.07, 6.45) is 1.95. The SMILES string of the molecule is CC1(C)OC(=O)C(C2c3ccccc3C(=N)N2C2CC2)=C(O)O1. The average molecular weight is 314 g/mol. The highest BCUT2D eigenvalue weighted by Gasteiger charge is 2.50. The molecule has 0 saturated heterocycles. The quantitative estimate of drug-likeness (QED) is 0.820. The number of hydrogen-bond donors (Lipinski definition) is 2. The molecule has 6 heteroatoms. The second-order valence-electron chi connectivity index (χ2n) is 6.59. The second kappa shape index (κ2) is 4.50. The van der Waals surface area contributed by atoms with Gasteiger partial charge in [-0.05, 0) is 18.4 Å². The van der Waals surface area contributed by atoms with E-state index in [0.717, 1.165) is 24.0 Å². The van der Waals surface area contributed by atoms with E-state index in [9.17, 15) is 9.90 Å². The summed E-state index contributed by atoms with van der Waals surface area (Å²) < 4.78 is 10.7. The highest BCUT2D eigenvalue weighted by molar-refractivity contribution is 6.04. The van der Waals surface area contributed by atoms with Crippen molar-refractivity contribution >= 4 is 11.8 Å². The van der Waals surface area contributed by atoms with Crippen molar-refractivity contribution in [3.05, 3.63) is 46.9 Å². The molecule has 2 aliphatic heterocycles. The van der Waals surface area contributed by atoms with E-state index >= 15 is 0 Å². The van der Waals surface area contributed by atoms with Crippen molar-refractivity contribution in [3.63, 3.8) is 0 Å². The fourth-order valence-corrected chi connectivity index (χ4v) is 3.31. The van der Waals surface area contributed by atoms with Crippen LogP contribution in [0.15, 0.2) is 35.8 Å². The molecule has 6 nitrogen and oxygen atoms in total. The van der Waals surface area contributed by atoms with Gasteiger partial charge in [0.15, 0.2) is 0 Å².